The van der Waals surface area contributed by atoms with Gasteiger partial charge in [-0.05, 0) is 19.8 Å². The molecule has 0 spiro atoms. The summed E-state index contributed by atoms with van der Waals surface area (Å²) in [6.45, 7) is 2.23. The smallest absolute Gasteiger partial charge is 0.253 e. The Hall–Kier alpha value is -2.24. The number of nitrogens with zero attached hydrogens (tertiary/aromatic N) is 2. The normalized spacial score (nSPS) is 21.7. The summed E-state index contributed by atoms with van der Waals surface area (Å²) in [5, 5.41) is 0. The van der Waals surface area contributed by atoms with Crippen LogP contribution in [0.1, 0.15) is 39.0 Å². The van der Waals surface area contributed by atoms with Gasteiger partial charge in [-0.2, -0.15) is 0 Å². The van der Waals surface area contributed by atoms with Gasteiger partial charge >= 0.3 is 0 Å². The molecule has 0 saturated heterocycles. The summed E-state index contributed by atoms with van der Waals surface area (Å²) in [6.07, 6.45) is 10.8. The van der Waals surface area contributed by atoms with Gasteiger partial charge in [-0.3, -0.25) is 29.0 Å². The molecule has 2 heterocycles. The minimum Gasteiger partial charge on any atom is -0.276 e. The highest BCUT2D eigenvalue weighted by Gasteiger charge is 2.31. The molecule has 0 aromatic rings. The Balaban J connectivity index is 0.000000172. The van der Waals surface area contributed by atoms with Crippen LogP contribution in [0, 0.1) is 0 Å². The monoisotopic (exact) mass is 304 g/mol. The summed E-state index contributed by atoms with van der Waals surface area (Å²) in [5.74, 6) is -0.668. The van der Waals surface area contributed by atoms with E-state index in [-0.39, 0.29) is 29.7 Å². The summed E-state index contributed by atoms with van der Waals surface area (Å²) in [6, 6.07) is 0.170. The summed E-state index contributed by atoms with van der Waals surface area (Å²) in [4.78, 5) is 46.5. The van der Waals surface area contributed by atoms with Crippen LogP contribution in [0.25, 0.3) is 0 Å². The van der Waals surface area contributed by atoms with Crippen molar-refractivity contribution < 1.29 is 19.2 Å². The highest BCUT2D eigenvalue weighted by atomic mass is 16.2. The number of hydrogen-bond donors (Lipinski definition) is 0. The fourth-order valence-electron chi connectivity index (χ4n) is 2.85. The summed E-state index contributed by atoms with van der Waals surface area (Å²) in [5.41, 5.74) is 0. The molecule has 0 unspecified atom stereocenters. The van der Waals surface area contributed by atoms with Gasteiger partial charge in [-0.25, -0.2) is 0 Å². The second-order valence-corrected chi connectivity index (χ2v) is 5.43. The van der Waals surface area contributed by atoms with E-state index in [0.717, 1.165) is 25.7 Å². The number of carbonyl (C=O) groups is 4. The predicted molar refractivity (Wildman–Crippen MR) is 79.4 cm³/mol. The van der Waals surface area contributed by atoms with E-state index in [4.69, 9.17) is 0 Å². The molecule has 6 nitrogen and oxygen atoms in total. The molecule has 0 bridgehead atoms. The predicted octanol–water partition coefficient (Wildman–Crippen LogP) is 1.18. The van der Waals surface area contributed by atoms with Crippen LogP contribution in [0.4, 0.5) is 0 Å². The van der Waals surface area contributed by atoms with Crippen molar-refractivity contribution >= 4 is 23.6 Å². The summed E-state index contributed by atoms with van der Waals surface area (Å²) in [7, 11) is 0. The van der Waals surface area contributed by atoms with E-state index in [1.807, 2.05) is 0 Å². The van der Waals surface area contributed by atoms with Crippen molar-refractivity contribution in [3.63, 3.8) is 0 Å². The highest BCUT2D eigenvalue weighted by molar-refractivity contribution is 6.13. The Morgan fingerprint density at radius 1 is 0.818 bits per heavy atom. The zero-order valence-corrected chi connectivity index (χ0v) is 12.7. The summed E-state index contributed by atoms with van der Waals surface area (Å²) < 4.78 is 0. The van der Waals surface area contributed by atoms with Gasteiger partial charge in [0.1, 0.15) is 0 Å². The topological polar surface area (TPSA) is 74.8 Å². The number of hydrogen-bond acceptors (Lipinski definition) is 4. The average Bonchev–Trinajstić information content (AvgIpc) is 3.02. The van der Waals surface area contributed by atoms with Crippen molar-refractivity contribution in [1.29, 1.82) is 0 Å². The number of rotatable bonds is 2. The second kappa shape index (κ2) is 7.15. The fourth-order valence-corrected chi connectivity index (χ4v) is 2.85. The van der Waals surface area contributed by atoms with Crippen molar-refractivity contribution in [2.24, 2.45) is 0 Å². The van der Waals surface area contributed by atoms with Crippen LogP contribution in [0.3, 0.4) is 0 Å². The Morgan fingerprint density at radius 2 is 1.27 bits per heavy atom. The number of carbonyl (C=O) groups excluding carboxylic acids is 4. The van der Waals surface area contributed by atoms with E-state index in [0.29, 0.717) is 6.54 Å². The maximum Gasteiger partial charge on any atom is 0.253 e. The van der Waals surface area contributed by atoms with Crippen molar-refractivity contribution in [2.75, 3.05) is 6.54 Å². The van der Waals surface area contributed by atoms with Gasteiger partial charge in [0.2, 0.25) is 0 Å². The van der Waals surface area contributed by atoms with Crippen LogP contribution in [0.5, 0.6) is 0 Å². The fraction of sp³-hybridized carbons (Fsp3) is 0.500. The molecule has 4 amide bonds. The lowest BCUT2D eigenvalue weighted by Crippen LogP contribution is -2.41. The zero-order valence-electron chi connectivity index (χ0n) is 12.7. The van der Waals surface area contributed by atoms with E-state index < -0.39 is 0 Å². The van der Waals surface area contributed by atoms with Crippen LogP contribution in [-0.4, -0.2) is 46.0 Å². The minimum atomic E-state index is -0.206. The van der Waals surface area contributed by atoms with Crippen LogP contribution in [0.15, 0.2) is 24.3 Å². The Labute approximate surface area is 129 Å². The van der Waals surface area contributed by atoms with E-state index in [1.165, 1.54) is 40.5 Å². The van der Waals surface area contributed by atoms with Gasteiger partial charge in [0.15, 0.2) is 0 Å². The standard InChI is InChI=1S/C10H13NO2.C6H7NO2/c12-9-6-7-10(13)11(9)8-4-2-1-3-5-8;1-2-7-5(8)3-4-6(7)9/h6-8H,1-5H2;3-4H,2H2,1H3. The minimum absolute atomic E-state index is 0.128. The first-order valence-electron chi connectivity index (χ1n) is 7.63. The second-order valence-electron chi connectivity index (χ2n) is 5.43. The van der Waals surface area contributed by atoms with E-state index in [2.05, 4.69) is 0 Å². The first-order valence-corrected chi connectivity index (χ1v) is 7.63. The average molecular weight is 304 g/mol. The van der Waals surface area contributed by atoms with Gasteiger partial charge in [0.25, 0.3) is 23.6 Å². The molecule has 1 aliphatic carbocycles. The molecule has 0 N–H and O–H groups in total. The third kappa shape index (κ3) is 3.50. The molecule has 0 aromatic heterocycles. The van der Waals surface area contributed by atoms with E-state index in [1.54, 1.807) is 6.92 Å². The van der Waals surface area contributed by atoms with Crippen LogP contribution < -0.4 is 0 Å². The molecule has 22 heavy (non-hydrogen) atoms. The van der Waals surface area contributed by atoms with Crippen LogP contribution in [-0.2, 0) is 19.2 Å². The number of amides is 4. The first kappa shape index (κ1) is 16.1. The lowest BCUT2D eigenvalue weighted by atomic mass is 9.94. The molecule has 3 aliphatic rings. The van der Waals surface area contributed by atoms with E-state index in [9.17, 15) is 19.2 Å². The van der Waals surface area contributed by atoms with Gasteiger partial charge in [-0.1, -0.05) is 19.3 Å². The van der Waals surface area contributed by atoms with Gasteiger partial charge in [0, 0.05) is 36.9 Å². The molecule has 1 saturated carbocycles. The molecule has 6 heteroatoms. The molecule has 0 radical (unpaired) electrons. The van der Waals surface area contributed by atoms with Crippen LogP contribution in [0.2, 0.25) is 0 Å². The molecular weight excluding hydrogens is 284 g/mol. The van der Waals surface area contributed by atoms with E-state index >= 15 is 0 Å². The zero-order chi connectivity index (χ0) is 16.1. The lowest BCUT2D eigenvalue weighted by Gasteiger charge is -2.29. The van der Waals surface area contributed by atoms with Crippen molar-refractivity contribution in [3.8, 4) is 0 Å². The molecule has 118 valence electrons. The number of likely N-dealkylation sites (N-methyl/N-ethyl adjacent to an activating group) is 1. The third-order valence-corrected chi connectivity index (χ3v) is 4.00. The molecule has 0 aromatic carbocycles. The maximum absolute atomic E-state index is 11.3. The Kier molecular flexibility index (Phi) is 5.25. The quantitative estimate of drug-likeness (QED) is 0.718. The highest BCUT2D eigenvalue weighted by Crippen LogP contribution is 2.24. The molecular formula is C16H20N2O4. The maximum atomic E-state index is 11.3. The van der Waals surface area contributed by atoms with Crippen molar-refractivity contribution in [2.45, 2.75) is 45.1 Å². The molecule has 3 rings (SSSR count). The third-order valence-electron chi connectivity index (χ3n) is 4.00. The van der Waals surface area contributed by atoms with Crippen LogP contribution >= 0.6 is 0 Å². The lowest BCUT2D eigenvalue weighted by molar-refractivity contribution is -0.140. The first-order chi connectivity index (χ1) is 10.5. The summed E-state index contributed by atoms with van der Waals surface area (Å²) >= 11 is 0. The molecule has 2 aliphatic heterocycles. The van der Waals surface area contributed by atoms with Crippen molar-refractivity contribution in [3.05, 3.63) is 24.3 Å². The van der Waals surface area contributed by atoms with Gasteiger partial charge < -0.3 is 0 Å². The Morgan fingerprint density at radius 3 is 1.68 bits per heavy atom. The van der Waals surface area contributed by atoms with Crippen molar-refractivity contribution in [1.82, 2.24) is 9.80 Å². The number of imide groups is 2. The molecule has 0 atom stereocenters. The van der Waals surface area contributed by atoms with Gasteiger partial charge in [0.05, 0.1) is 0 Å². The van der Waals surface area contributed by atoms with Gasteiger partial charge in [-0.15, -0.1) is 0 Å². The SMILES string of the molecule is CCN1C(=O)C=CC1=O.O=C1C=CC(=O)N1C1CCCCC1. The largest absolute Gasteiger partial charge is 0.276 e. The molecule has 1 fully saturated rings. The Bertz CT molecular complexity index is 508.